The zero-order valence-electron chi connectivity index (χ0n) is 10.1. The van der Waals surface area contributed by atoms with Gasteiger partial charge >= 0.3 is 5.97 Å². The van der Waals surface area contributed by atoms with Crippen molar-refractivity contribution in [3.8, 4) is 0 Å². The summed E-state index contributed by atoms with van der Waals surface area (Å²) in [6, 6.07) is 0. The van der Waals surface area contributed by atoms with Crippen LogP contribution in [0, 0.1) is 11.8 Å². The molecule has 0 bridgehead atoms. The first-order valence-corrected chi connectivity index (χ1v) is 5.82. The van der Waals surface area contributed by atoms with E-state index in [4.69, 9.17) is 5.11 Å². The van der Waals surface area contributed by atoms with Crippen LogP contribution in [0.2, 0.25) is 0 Å². The van der Waals surface area contributed by atoms with E-state index in [-0.39, 0.29) is 11.8 Å². The van der Waals surface area contributed by atoms with Crippen LogP contribution >= 0.6 is 0 Å². The molecule has 1 aliphatic carbocycles. The molecule has 1 fully saturated rings. The van der Waals surface area contributed by atoms with E-state index in [1.807, 2.05) is 0 Å². The first-order valence-electron chi connectivity index (χ1n) is 5.82. The molecule has 0 radical (unpaired) electrons. The standard InChI is InChI=1S/C12H15N3O3/c1-15(5-2-8-7-13-3-4-14-8)11(16)9-6-10(9)12(17)18/h3-4,7,9-10H,2,5-6H2,1H3,(H,17,18). The highest BCUT2D eigenvalue weighted by atomic mass is 16.4. The molecule has 0 aromatic carbocycles. The molecule has 18 heavy (non-hydrogen) atoms. The summed E-state index contributed by atoms with van der Waals surface area (Å²) < 4.78 is 0. The molecule has 1 amide bonds. The Labute approximate surface area is 105 Å². The van der Waals surface area contributed by atoms with Crippen LogP contribution in [0.3, 0.4) is 0 Å². The highest BCUT2D eigenvalue weighted by Gasteiger charge is 2.49. The lowest BCUT2D eigenvalue weighted by molar-refractivity contribution is -0.141. The van der Waals surface area contributed by atoms with Crippen LogP contribution < -0.4 is 0 Å². The van der Waals surface area contributed by atoms with Gasteiger partial charge in [0.2, 0.25) is 5.91 Å². The van der Waals surface area contributed by atoms with E-state index < -0.39 is 11.9 Å². The monoisotopic (exact) mass is 249 g/mol. The van der Waals surface area contributed by atoms with Crippen molar-refractivity contribution in [1.29, 1.82) is 0 Å². The van der Waals surface area contributed by atoms with Gasteiger partial charge in [0, 0.05) is 38.6 Å². The zero-order valence-corrected chi connectivity index (χ0v) is 10.1. The average Bonchev–Trinajstić information content (AvgIpc) is 3.16. The lowest BCUT2D eigenvalue weighted by Gasteiger charge is -2.16. The fourth-order valence-electron chi connectivity index (χ4n) is 1.88. The number of hydrogen-bond donors (Lipinski definition) is 1. The van der Waals surface area contributed by atoms with Gasteiger partial charge in [-0.15, -0.1) is 0 Å². The molecule has 2 rings (SSSR count). The molecule has 0 saturated heterocycles. The van der Waals surface area contributed by atoms with Crippen molar-refractivity contribution in [2.45, 2.75) is 12.8 Å². The molecule has 0 aliphatic heterocycles. The van der Waals surface area contributed by atoms with E-state index in [9.17, 15) is 9.59 Å². The van der Waals surface area contributed by atoms with Crippen LogP contribution in [-0.2, 0) is 16.0 Å². The molecule has 1 aromatic heterocycles. The summed E-state index contributed by atoms with van der Waals surface area (Å²) in [5.41, 5.74) is 0.822. The number of carbonyl (C=O) groups excluding carboxylic acids is 1. The normalized spacial score (nSPS) is 21.4. The molecule has 2 atom stereocenters. The van der Waals surface area contributed by atoms with Crippen LogP contribution in [0.25, 0.3) is 0 Å². The van der Waals surface area contributed by atoms with Crippen molar-refractivity contribution in [3.63, 3.8) is 0 Å². The SMILES string of the molecule is CN(CCc1cnccn1)C(=O)C1CC1C(=O)O. The summed E-state index contributed by atoms with van der Waals surface area (Å²) in [5, 5.41) is 8.77. The minimum absolute atomic E-state index is 0.0914. The molecule has 6 heteroatoms. The maximum absolute atomic E-state index is 11.9. The summed E-state index contributed by atoms with van der Waals surface area (Å²) >= 11 is 0. The highest BCUT2D eigenvalue weighted by Crippen LogP contribution is 2.39. The van der Waals surface area contributed by atoms with Crippen molar-refractivity contribution >= 4 is 11.9 Å². The molecule has 1 saturated carbocycles. The van der Waals surface area contributed by atoms with Crippen molar-refractivity contribution in [3.05, 3.63) is 24.3 Å². The Hall–Kier alpha value is -1.98. The summed E-state index contributed by atoms with van der Waals surface area (Å²) in [4.78, 5) is 32.2. The summed E-state index contributed by atoms with van der Waals surface area (Å²) in [6.07, 6.45) is 5.96. The smallest absolute Gasteiger partial charge is 0.307 e. The fourth-order valence-corrected chi connectivity index (χ4v) is 1.88. The second-order valence-corrected chi connectivity index (χ2v) is 4.49. The Morgan fingerprint density at radius 2 is 2.22 bits per heavy atom. The average molecular weight is 249 g/mol. The minimum atomic E-state index is -0.879. The van der Waals surface area contributed by atoms with Gasteiger partial charge in [0.1, 0.15) is 0 Å². The number of aliphatic carboxylic acids is 1. The summed E-state index contributed by atoms with van der Waals surface area (Å²) in [7, 11) is 1.69. The number of aromatic nitrogens is 2. The van der Waals surface area contributed by atoms with E-state index in [1.54, 1.807) is 30.5 Å². The molecular formula is C12H15N3O3. The van der Waals surface area contributed by atoms with Crippen LogP contribution in [0.4, 0.5) is 0 Å². The Balaban J connectivity index is 1.80. The van der Waals surface area contributed by atoms with E-state index >= 15 is 0 Å². The number of rotatable bonds is 5. The van der Waals surface area contributed by atoms with Gasteiger partial charge in [-0.2, -0.15) is 0 Å². The molecular weight excluding hydrogens is 234 g/mol. The topological polar surface area (TPSA) is 83.4 Å². The van der Waals surface area contributed by atoms with Crippen LogP contribution in [0.5, 0.6) is 0 Å². The lowest BCUT2D eigenvalue weighted by atomic mass is 10.2. The molecule has 0 spiro atoms. The largest absolute Gasteiger partial charge is 0.481 e. The predicted octanol–water partition coefficient (Wildman–Crippen LogP) is 0.198. The van der Waals surface area contributed by atoms with Crippen LogP contribution in [0.1, 0.15) is 12.1 Å². The van der Waals surface area contributed by atoms with Gasteiger partial charge in [-0.25, -0.2) is 0 Å². The number of carboxylic acid groups (broad SMARTS) is 1. The summed E-state index contributed by atoms with van der Waals surface area (Å²) in [5.74, 6) is -1.80. The Morgan fingerprint density at radius 3 is 2.78 bits per heavy atom. The first-order chi connectivity index (χ1) is 8.59. The number of amides is 1. The van der Waals surface area contributed by atoms with Crippen LogP contribution in [0.15, 0.2) is 18.6 Å². The van der Waals surface area contributed by atoms with Crippen molar-refractivity contribution in [2.75, 3.05) is 13.6 Å². The molecule has 1 heterocycles. The Morgan fingerprint density at radius 1 is 1.44 bits per heavy atom. The zero-order chi connectivity index (χ0) is 13.1. The van der Waals surface area contributed by atoms with Crippen molar-refractivity contribution < 1.29 is 14.7 Å². The van der Waals surface area contributed by atoms with Gasteiger partial charge in [0.15, 0.2) is 0 Å². The van der Waals surface area contributed by atoms with E-state index in [2.05, 4.69) is 9.97 Å². The maximum Gasteiger partial charge on any atom is 0.307 e. The molecule has 6 nitrogen and oxygen atoms in total. The Kier molecular flexibility index (Phi) is 3.55. The third-order valence-corrected chi connectivity index (χ3v) is 3.12. The van der Waals surface area contributed by atoms with Gasteiger partial charge in [-0.1, -0.05) is 0 Å². The van der Waals surface area contributed by atoms with Gasteiger partial charge in [0.05, 0.1) is 17.5 Å². The van der Waals surface area contributed by atoms with E-state index in [0.717, 1.165) is 5.69 Å². The first kappa shape index (κ1) is 12.5. The van der Waals surface area contributed by atoms with Crippen molar-refractivity contribution in [2.24, 2.45) is 11.8 Å². The number of hydrogen-bond acceptors (Lipinski definition) is 4. The summed E-state index contributed by atoms with van der Waals surface area (Å²) in [6.45, 7) is 0.528. The van der Waals surface area contributed by atoms with Gasteiger partial charge in [0.25, 0.3) is 0 Å². The van der Waals surface area contributed by atoms with Gasteiger partial charge < -0.3 is 10.0 Å². The van der Waals surface area contributed by atoms with Crippen molar-refractivity contribution in [1.82, 2.24) is 14.9 Å². The Bertz CT molecular complexity index is 449. The quantitative estimate of drug-likeness (QED) is 0.805. The lowest BCUT2D eigenvalue weighted by Crippen LogP contribution is -2.31. The molecule has 2 unspecified atom stereocenters. The van der Waals surface area contributed by atoms with E-state index in [1.165, 1.54) is 0 Å². The third kappa shape index (κ3) is 2.82. The fraction of sp³-hybridized carbons (Fsp3) is 0.500. The number of carbonyl (C=O) groups is 2. The molecule has 1 aromatic rings. The second-order valence-electron chi connectivity index (χ2n) is 4.49. The third-order valence-electron chi connectivity index (χ3n) is 3.12. The number of carboxylic acids is 1. The highest BCUT2D eigenvalue weighted by molar-refractivity contribution is 5.89. The van der Waals surface area contributed by atoms with Crippen LogP contribution in [-0.4, -0.2) is 45.4 Å². The molecule has 1 aliphatic rings. The number of likely N-dealkylation sites (N-methyl/N-ethyl adjacent to an activating group) is 1. The number of nitrogens with zero attached hydrogens (tertiary/aromatic N) is 3. The molecule has 96 valence electrons. The second kappa shape index (κ2) is 5.12. The van der Waals surface area contributed by atoms with Gasteiger partial charge in [-0.3, -0.25) is 19.6 Å². The predicted molar refractivity (Wildman–Crippen MR) is 62.6 cm³/mol. The minimum Gasteiger partial charge on any atom is -0.481 e. The maximum atomic E-state index is 11.9. The molecule has 1 N–H and O–H groups in total. The van der Waals surface area contributed by atoms with E-state index in [0.29, 0.717) is 19.4 Å². The van der Waals surface area contributed by atoms with Gasteiger partial charge in [-0.05, 0) is 6.42 Å².